The zero-order chi connectivity index (χ0) is 34.9. The maximum absolute atomic E-state index is 2.76. The molecule has 3 heteroatoms. The van der Waals surface area contributed by atoms with Gasteiger partial charge >= 0.3 is 311 Å². The van der Waals surface area contributed by atoms with Crippen molar-refractivity contribution in [2.75, 3.05) is 0 Å². The Morgan fingerprint density at radius 2 is 1.21 bits per heavy atom. The van der Waals surface area contributed by atoms with E-state index >= 15 is 0 Å². The van der Waals surface area contributed by atoms with Crippen molar-refractivity contribution in [1.82, 2.24) is 0 Å². The van der Waals surface area contributed by atoms with E-state index in [0.717, 1.165) is 25.7 Å². The molecule has 0 saturated heterocycles. The van der Waals surface area contributed by atoms with Crippen molar-refractivity contribution < 1.29 is 46.1 Å². The minimum Gasteiger partial charge on any atom is -1.00 e. The predicted octanol–water partition coefficient (Wildman–Crippen LogP) is 6.59. The first-order valence-electron chi connectivity index (χ1n) is 18.8. The second kappa shape index (κ2) is 14.8. The van der Waals surface area contributed by atoms with Crippen molar-refractivity contribution in [3.05, 3.63) is 163 Å². The SMILES string of the molecule is CC1=CC(C)[C]([Zr+2](=[C](Cc2ccccc2)Cc2ccccc2)[CH]2C=C(C)c3cc4c(cc3C2(C)C)Cc2cc3c(cc2-4)C(C)=CCC3(C)C)=C1.[Cl-].[Cl-]. The van der Waals surface area contributed by atoms with Crippen LogP contribution in [-0.2, 0) is 51.4 Å². The molecule has 4 aromatic rings. The second-order valence-corrected chi connectivity index (χ2v) is 23.7. The molecule has 4 aliphatic carbocycles. The molecule has 0 heterocycles. The smallest absolute Gasteiger partial charge is 1.00 e. The number of hydrogen-bond acceptors (Lipinski definition) is 0. The fourth-order valence-corrected chi connectivity index (χ4v) is 20.0. The number of allylic oxidation sites excluding steroid dienone is 8. The third kappa shape index (κ3) is 6.85. The molecule has 0 bridgehead atoms. The average molecular weight is 803 g/mol. The molecular weight excluding hydrogens is 751 g/mol. The zero-order valence-electron chi connectivity index (χ0n) is 32.1. The first-order valence-corrected chi connectivity index (χ1v) is 22.7. The van der Waals surface area contributed by atoms with Gasteiger partial charge in [-0.3, -0.25) is 0 Å². The van der Waals surface area contributed by atoms with Crippen LogP contribution in [-0.4, -0.2) is 3.21 Å². The van der Waals surface area contributed by atoms with E-state index in [1.165, 1.54) is 66.8 Å². The maximum Gasteiger partial charge on any atom is -1.00 e. The molecule has 0 nitrogen and oxygen atoms in total. The summed E-state index contributed by atoms with van der Waals surface area (Å²) in [7, 11) is 0. The minimum atomic E-state index is -2.57. The third-order valence-electron chi connectivity index (χ3n) is 12.5. The van der Waals surface area contributed by atoms with Gasteiger partial charge in [-0.25, -0.2) is 0 Å². The van der Waals surface area contributed by atoms with Gasteiger partial charge in [-0.15, -0.1) is 0 Å². The maximum atomic E-state index is 2.76. The molecule has 0 N–H and O–H groups in total. The summed E-state index contributed by atoms with van der Waals surface area (Å²) >= 11 is -2.57. The van der Waals surface area contributed by atoms with Crippen LogP contribution in [0.2, 0.25) is 3.63 Å². The van der Waals surface area contributed by atoms with Crippen molar-refractivity contribution >= 4 is 14.4 Å². The van der Waals surface area contributed by atoms with Gasteiger partial charge in [0, 0.05) is 0 Å². The van der Waals surface area contributed by atoms with Gasteiger partial charge in [0.05, 0.1) is 0 Å². The van der Waals surface area contributed by atoms with E-state index in [1.807, 2.05) is 3.21 Å². The van der Waals surface area contributed by atoms with Crippen molar-refractivity contribution in [2.45, 2.75) is 95.5 Å². The van der Waals surface area contributed by atoms with Gasteiger partial charge in [0.1, 0.15) is 0 Å². The Bertz CT molecular complexity index is 2150. The monoisotopic (exact) mass is 800 g/mol. The van der Waals surface area contributed by atoms with Gasteiger partial charge in [-0.2, -0.15) is 0 Å². The van der Waals surface area contributed by atoms with E-state index in [9.17, 15) is 0 Å². The topological polar surface area (TPSA) is 0 Å². The molecule has 0 saturated carbocycles. The first kappa shape index (κ1) is 38.9. The number of fused-ring (bicyclic) bond motifs is 5. The van der Waals surface area contributed by atoms with Gasteiger partial charge < -0.3 is 24.8 Å². The standard InChI is InChI=1S/C27H29.C15H14.C7H9.2ClH.Zr/c1-16-7-9-26(3,4)24-12-18-11-19-13-25-21(17(2)8-10-27(25,5)6)15-23(19)22(18)14-20(16)24;1-3-8-14(9-4-1)12-7-13-15-10-5-2-6-11-15;1-6-3-4-7(2)5-6;;;/h7-9,12-15H,10-11H2,1-6H3;1-6,8-11H,12-13H2;3,5,7H,1-2H3;2*1H;/q;;;;;+2/p-2. The van der Waals surface area contributed by atoms with Crippen LogP contribution in [0.25, 0.3) is 22.3 Å². The van der Waals surface area contributed by atoms with Gasteiger partial charge in [-0.1, -0.05) is 0 Å². The van der Waals surface area contributed by atoms with E-state index in [4.69, 9.17) is 0 Å². The van der Waals surface area contributed by atoms with Crippen LogP contribution in [0.5, 0.6) is 0 Å². The molecule has 8 rings (SSSR count). The average Bonchev–Trinajstić information content (AvgIpc) is 3.62. The number of benzene rings is 4. The molecule has 0 amide bonds. The van der Waals surface area contributed by atoms with E-state index in [0.29, 0.717) is 9.54 Å². The summed E-state index contributed by atoms with van der Waals surface area (Å²) < 4.78 is 4.14. The molecule has 2 atom stereocenters. The van der Waals surface area contributed by atoms with E-state index < -0.39 is 21.3 Å². The van der Waals surface area contributed by atoms with Gasteiger partial charge in [0.2, 0.25) is 0 Å². The molecule has 0 aromatic heterocycles. The van der Waals surface area contributed by atoms with Gasteiger partial charge in [0.25, 0.3) is 0 Å². The molecule has 0 radical (unpaired) electrons. The van der Waals surface area contributed by atoms with Crippen LogP contribution >= 0.6 is 0 Å². The Kier molecular flexibility index (Phi) is 11.0. The third-order valence-corrected chi connectivity index (χ3v) is 21.9. The van der Waals surface area contributed by atoms with Crippen molar-refractivity contribution in [3.63, 3.8) is 0 Å². The summed E-state index contributed by atoms with van der Waals surface area (Å²) in [6, 6.07) is 33.0. The Morgan fingerprint density at radius 1 is 0.673 bits per heavy atom. The molecule has 0 aliphatic heterocycles. The molecule has 0 fully saturated rings. The van der Waals surface area contributed by atoms with Crippen molar-refractivity contribution in [3.8, 4) is 11.1 Å². The van der Waals surface area contributed by atoms with Gasteiger partial charge in [-0.05, 0) is 0 Å². The molecule has 0 spiro atoms. The molecule has 2 unspecified atom stereocenters. The van der Waals surface area contributed by atoms with Crippen LogP contribution < -0.4 is 24.8 Å². The van der Waals surface area contributed by atoms with Crippen molar-refractivity contribution in [1.29, 1.82) is 0 Å². The normalized spacial score (nSPS) is 19.8. The minimum absolute atomic E-state index is 0. The number of halogens is 2. The van der Waals surface area contributed by atoms with Crippen LogP contribution in [0, 0.1) is 5.92 Å². The number of hydrogen-bond donors (Lipinski definition) is 0. The largest absolute Gasteiger partial charge is 1.00 e. The fraction of sp³-hybridized carbons (Fsp3) is 0.327. The second-order valence-electron chi connectivity index (χ2n) is 17.0. The van der Waals surface area contributed by atoms with E-state index in [2.05, 4.69) is 165 Å². The summed E-state index contributed by atoms with van der Waals surface area (Å²) in [5.41, 5.74) is 19.5. The Labute approximate surface area is 333 Å². The summed E-state index contributed by atoms with van der Waals surface area (Å²) in [5, 5.41) is 0. The summed E-state index contributed by atoms with van der Waals surface area (Å²) in [5.74, 6) is 0.513. The van der Waals surface area contributed by atoms with Gasteiger partial charge in [0.15, 0.2) is 0 Å². The van der Waals surface area contributed by atoms with Crippen LogP contribution in [0.1, 0.15) is 106 Å². The predicted molar refractivity (Wildman–Crippen MR) is 213 cm³/mol. The quantitative estimate of drug-likeness (QED) is 0.182. The fourth-order valence-electron chi connectivity index (χ4n) is 9.59. The molecular formula is C49H52Cl2Zr. The summed E-state index contributed by atoms with van der Waals surface area (Å²) in [6.45, 7) is 19.5. The van der Waals surface area contributed by atoms with E-state index in [-0.39, 0.29) is 35.6 Å². The zero-order valence-corrected chi connectivity index (χ0v) is 36.1. The summed E-state index contributed by atoms with van der Waals surface area (Å²) in [6.07, 6.45) is 14.7. The Morgan fingerprint density at radius 3 is 1.75 bits per heavy atom. The summed E-state index contributed by atoms with van der Waals surface area (Å²) in [4.78, 5) is 0. The molecule has 266 valence electrons. The van der Waals surface area contributed by atoms with Crippen LogP contribution in [0.4, 0.5) is 0 Å². The molecule has 52 heavy (non-hydrogen) atoms. The Hall–Kier alpha value is -2.83. The van der Waals surface area contributed by atoms with E-state index in [1.54, 1.807) is 8.84 Å². The number of rotatable bonds is 6. The Balaban J connectivity index is 0.00000232. The van der Waals surface area contributed by atoms with Crippen molar-refractivity contribution in [2.24, 2.45) is 5.92 Å². The molecule has 4 aromatic carbocycles. The van der Waals surface area contributed by atoms with Crippen LogP contribution in [0.3, 0.4) is 0 Å². The van der Waals surface area contributed by atoms with Crippen LogP contribution in [0.15, 0.2) is 118 Å². The first-order chi connectivity index (χ1) is 23.9. The molecule has 4 aliphatic rings.